The van der Waals surface area contributed by atoms with Gasteiger partial charge in [0.05, 0.1) is 0 Å². The summed E-state index contributed by atoms with van der Waals surface area (Å²) in [5.41, 5.74) is 1.57. The Morgan fingerprint density at radius 3 is 2.61 bits per heavy atom. The molecule has 98 valence electrons. The Hall–Kier alpha value is -1.84. The molecule has 1 atom stereocenters. The molecule has 0 radical (unpaired) electrons. The lowest BCUT2D eigenvalue weighted by atomic mass is 10.1. The zero-order valence-electron chi connectivity index (χ0n) is 10.8. The Labute approximate surface area is 107 Å². The van der Waals surface area contributed by atoms with Crippen LogP contribution in [-0.2, 0) is 16.0 Å². The van der Waals surface area contributed by atoms with Crippen molar-refractivity contribution in [1.29, 1.82) is 0 Å². The molecule has 2 N–H and O–H groups in total. The third-order valence-corrected chi connectivity index (χ3v) is 2.94. The van der Waals surface area contributed by atoms with Crippen molar-refractivity contribution < 1.29 is 14.7 Å². The monoisotopic (exact) mass is 249 g/mol. The molecule has 0 bridgehead atoms. The van der Waals surface area contributed by atoms with Gasteiger partial charge in [-0.05, 0) is 24.5 Å². The first-order chi connectivity index (χ1) is 8.54. The fourth-order valence-electron chi connectivity index (χ4n) is 1.54. The number of rotatable bonds is 6. The number of para-hydroxylation sites is 1. The van der Waals surface area contributed by atoms with Crippen molar-refractivity contribution in [3.63, 3.8) is 0 Å². The average molecular weight is 249 g/mol. The van der Waals surface area contributed by atoms with E-state index in [0.717, 1.165) is 12.0 Å². The maximum Gasteiger partial charge on any atom is 0.303 e. The number of hydrogen-bond donors (Lipinski definition) is 2. The largest absolute Gasteiger partial charge is 0.481 e. The molecular weight excluding hydrogens is 230 g/mol. The van der Waals surface area contributed by atoms with E-state index in [0.29, 0.717) is 12.1 Å². The molecule has 1 rings (SSSR count). The van der Waals surface area contributed by atoms with Crippen LogP contribution in [0.3, 0.4) is 0 Å². The van der Waals surface area contributed by atoms with Gasteiger partial charge in [-0.3, -0.25) is 9.59 Å². The second-order valence-electron chi connectivity index (χ2n) is 4.35. The highest BCUT2D eigenvalue weighted by Crippen LogP contribution is 2.18. The number of nitrogens with one attached hydrogen (secondary N) is 1. The lowest BCUT2D eigenvalue weighted by Gasteiger charge is -2.13. The highest BCUT2D eigenvalue weighted by atomic mass is 16.4. The third kappa shape index (κ3) is 4.20. The molecule has 0 aliphatic rings. The Morgan fingerprint density at radius 1 is 1.33 bits per heavy atom. The van der Waals surface area contributed by atoms with Crippen molar-refractivity contribution in [2.75, 3.05) is 5.32 Å². The number of carbonyl (C=O) groups is 2. The van der Waals surface area contributed by atoms with E-state index in [9.17, 15) is 9.59 Å². The molecule has 0 spiro atoms. The van der Waals surface area contributed by atoms with Crippen LogP contribution in [0.2, 0.25) is 0 Å². The van der Waals surface area contributed by atoms with Gasteiger partial charge in [0, 0.05) is 18.0 Å². The topological polar surface area (TPSA) is 66.4 Å². The van der Waals surface area contributed by atoms with Crippen molar-refractivity contribution in [2.24, 2.45) is 5.92 Å². The molecule has 0 aliphatic carbocycles. The van der Waals surface area contributed by atoms with Crippen molar-refractivity contribution >= 4 is 17.6 Å². The van der Waals surface area contributed by atoms with E-state index < -0.39 is 5.97 Å². The average Bonchev–Trinajstić information content (AvgIpc) is 2.36. The standard InChI is InChI=1S/C14H19NO3/c1-3-10(2)14(18)15-12-7-5-4-6-11(12)8-9-13(16)17/h4-7,10H,3,8-9H2,1-2H3,(H,15,18)(H,16,17). The Balaban J connectivity index is 2.75. The molecule has 0 saturated carbocycles. The van der Waals surface area contributed by atoms with Gasteiger partial charge in [0.15, 0.2) is 0 Å². The van der Waals surface area contributed by atoms with Gasteiger partial charge in [-0.1, -0.05) is 32.0 Å². The lowest BCUT2D eigenvalue weighted by Crippen LogP contribution is -2.20. The fourth-order valence-corrected chi connectivity index (χ4v) is 1.54. The molecule has 4 heteroatoms. The number of aryl methyl sites for hydroxylation is 1. The predicted molar refractivity (Wildman–Crippen MR) is 70.5 cm³/mol. The van der Waals surface area contributed by atoms with Crippen LogP contribution in [0.5, 0.6) is 0 Å². The molecule has 1 amide bonds. The van der Waals surface area contributed by atoms with E-state index in [1.54, 1.807) is 6.07 Å². The summed E-state index contributed by atoms with van der Waals surface area (Å²) in [5.74, 6) is -0.907. The molecule has 4 nitrogen and oxygen atoms in total. The zero-order chi connectivity index (χ0) is 13.5. The number of benzene rings is 1. The zero-order valence-corrected chi connectivity index (χ0v) is 10.8. The van der Waals surface area contributed by atoms with Crippen LogP contribution >= 0.6 is 0 Å². The number of hydrogen-bond acceptors (Lipinski definition) is 2. The molecule has 1 aromatic carbocycles. The maximum absolute atomic E-state index is 11.8. The van der Waals surface area contributed by atoms with Crippen molar-refractivity contribution in [1.82, 2.24) is 0 Å². The number of amides is 1. The molecule has 0 saturated heterocycles. The van der Waals surface area contributed by atoms with E-state index in [1.165, 1.54) is 0 Å². The molecule has 0 heterocycles. The first-order valence-electron chi connectivity index (χ1n) is 6.15. The van der Waals surface area contributed by atoms with E-state index in [4.69, 9.17) is 5.11 Å². The van der Waals surface area contributed by atoms with Crippen LogP contribution < -0.4 is 5.32 Å². The van der Waals surface area contributed by atoms with Gasteiger partial charge in [-0.15, -0.1) is 0 Å². The van der Waals surface area contributed by atoms with Crippen molar-refractivity contribution in [3.8, 4) is 0 Å². The smallest absolute Gasteiger partial charge is 0.303 e. The van der Waals surface area contributed by atoms with E-state index in [-0.39, 0.29) is 18.2 Å². The number of carboxylic acids is 1. The van der Waals surface area contributed by atoms with E-state index in [1.807, 2.05) is 32.0 Å². The third-order valence-electron chi connectivity index (χ3n) is 2.94. The van der Waals surface area contributed by atoms with Crippen molar-refractivity contribution in [2.45, 2.75) is 33.1 Å². The second kappa shape index (κ2) is 6.79. The highest BCUT2D eigenvalue weighted by molar-refractivity contribution is 5.93. The van der Waals surface area contributed by atoms with E-state index in [2.05, 4.69) is 5.32 Å². The van der Waals surface area contributed by atoms with Crippen LogP contribution in [0.4, 0.5) is 5.69 Å². The minimum Gasteiger partial charge on any atom is -0.481 e. The predicted octanol–water partition coefficient (Wildman–Crippen LogP) is 2.69. The second-order valence-corrected chi connectivity index (χ2v) is 4.35. The molecule has 1 aromatic rings. The van der Waals surface area contributed by atoms with Gasteiger partial charge in [-0.2, -0.15) is 0 Å². The summed E-state index contributed by atoms with van der Waals surface area (Å²) in [7, 11) is 0. The number of anilines is 1. The van der Waals surface area contributed by atoms with Gasteiger partial charge in [0.1, 0.15) is 0 Å². The fraction of sp³-hybridized carbons (Fsp3) is 0.429. The van der Waals surface area contributed by atoms with Gasteiger partial charge < -0.3 is 10.4 Å². The Bertz CT molecular complexity index is 429. The summed E-state index contributed by atoms with van der Waals surface area (Å²) >= 11 is 0. The number of aliphatic carboxylic acids is 1. The summed E-state index contributed by atoms with van der Waals surface area (Å²) in [5, 5.41) is 11.5. The highest BCUT2D eigenvalue weighted by Gasteiger charge is 2.12. The minimum atomic E-state index is -0.835. The summed E-state index contributed by atoms with van der Waals surface area (Å²) in [4.78, 5) is 22.4. The van der Waals surface area contributed by atoms with Crippen LogP contribution in [-0.4, -0.2) is 17.0 Å². The summed E-state index contributed by atoms with van der Waals surface area (Å²) in [6.45, 7) is 3.83. The maximum atomic E-state index is 11.8. The molecular formula is C14H19NO3. The van der Waals surface area contributed by atoms with Gasteiger partial charge in [0.2, 0.25) is 5.91 Å². The SMILES string of the molecule is CCC(C)C(=O)Nc1ccccc1CCC(=O)O. The Kier molecular flexibility index (Phi) is 5.36. The first-order valence-corrected chi connectivity index (χ1v) is 6.15. The Morgan fingerprint density at radius 2 is 2.00 bits per heavy atom. The van der Waals surface area contributed by atoms with E-state index >= 15 is 0 Å². The van der Waals surface area contributed by atoms with Crippen molar-refractivity contribution in [3.05, 3.63) is 29.8 Å². The number of carbonyl (C=O) groups excluding carboxylic acids is 1. The molecule has 0 fully saturated rings. The molecule has 0 aliphatic heterocycles. The first kappa shape index (κ1) is 14.2. The number of carboxylic acid groups (broad SMARTS) is 1. The van der Waals surface area contributed by atoms with Gasteiger partial charge in [-0.25, -0.2) is 0 Å². The summed E-state index contributed by atoms with van der Waals surface area (Å²) < 4.78 is 0. The van der Waals surface area contributed by atoms with Crippen LogP contribution in [0.1, 0.15) is 32.3 Å². The van der Waals surface area contributed by atoms with Gasteiger partial charge in [0.25, 0.3) is 0 Å². The summed E-state index contributed by atoms with van der Waals surface area (Å²) in [6, 6.07) is 7.32. The van der Waals surface area contributed by atoms with Crippen LogP contribution in [0.25, 0.3) is 0 Å². The van der Waals surface area contributed by atoms with Gasteiger partial charge >= 0.3 is 5.97 Å². The lowest BCUT2D eigenvalue weighted by molar-refractivity contribution is -0.137. The molecule has 1 unspecified atom stereocenters. The van der Waals surface area contributed by atoms with Crippen LogP contribution in [0, 0.1) is 5.92 Å². The molecule has 0 aromatic heterocycles. The normalized spacial score (nSPS) is 11.9. The molecule has 18 heavy (non-hydrogen) atoms. The summed E-state index contributed by atoms with van der Waals surface area (Å²) in [6.07, 6.45) is 1.27. The quantitative estimate of drug-likeness (QED) is 0.814. The van der Waals surface area contributed by atoms with Crippen LogP contribution in [0.15, 0.2) is 24.3 Å². The minimum absolute atomic E-state index is 0.0275.